The van der Waals surface area contributed by atoms with E-state index in [0.717, 1.165) is 31.7 Å². The first kappa shape index (κ1) is 15.2. The number of primary sulfonamides is 1. The molecule has 2 atom stereocenters. The van der Waals surface area contributed by atoms with Crippen LogP contribution in [0.15, 0.2) is 23.1 Å². The van der Waals surface area contributed by atoms with Gasteiger partial charge in [-0.15, -0.1) is 0 Å². The molecule has 5 N–H and O–H groups in total. The van der Waals surface area contributed by atoms with E-state index in [2.05, 4.69) is 5.32 Å². The molecule has 0 bridgehead atoms. The Morgan fingerprint density at radius 2 is 2.00 bits per heavy atom. The van der Waals surface area contributed by atoms with E-state index < -0.39 is 15.8 Å². The van der Waals surface area contributed by atoms with Crippen LogP contribution in [0.1, 0.15) is 25.7 Å². The van der Waals surface area contributed by atoms with Crippen molar-refractivity contribution in [3.05, 3.63) is 24.0 Å². The standard InChI is InChI=1S/C13H20FN3O2S/c14-11-7-10(20(16,18)19)5-6-13(11)17-12-4-2-1-3-9(12)8-15/h5-7,9,12,17H,1-4,8,15H2,(H2,16,18,19). The van der Waals surface area contributed by atoms with E-state index >= 15 is 0 Å². The molecule has 0 amide bonds. The summed E-state index contributed by atoms with van der Waals surface area (Å²) in [5, 5.41) is 8.11. The number of halogens is 1. The van der Waals surface area contributed by atoms with Crippen molar-refractivity contribution in [3.63, 3.8) is 0 Å². The second-order valence-corrected chi connectivity index (χ2v) is 6.78. The molecule has 0 heterocycles. The maximum atomic E-state index is 14.0. The van der Waals surface area contributed by atoms with Gasteiger partial charge in [-0.25, -0.2) is 17.9 Å². The van der Waals surface area contributed by atoms with Crippen LogP contribution in [0.3, 0.4) is 0 Å². The molecule has 0 saturated heterocycles. The van der Waals surface area contributed by atoms with Crippen LogP contribution in [-0.4, -0.2) is 21.0 Å². The number of benzene rings is 1. The number of hydrogen-bond acceptors (Lipinski definition) is 4. The highest BCUT2D eigenvalue weighted by molar-refractivity contribution is 7.89. The fourth-order valence-corrected chi connectivity index (χ4v) is 3.19. The topological polar surface area (TPSA) is 98.2 Å². The van der Waals surface area contributed by atoms with Crippen molar-refractivity contribution >= 4 is 15.7 Å². The van der Waals surface area contributed by atoms with Gasteiger partial charge in [0.15, 0.2) is 0 Å². The smallest absolute Gasteiger partial charge is 0.238 e. The molecule has 5 nitrogen and oxygen atoms in total. The minimum absolute atomic E-state index is 0.128. The maximum Gasteiger partial charge on any atom is 0.238 e. The Morgan fingerprint density at radius 3 is 2.60 bits per heavy atom. The third-order valence-corrected chi connectivity index (χ3v) is 4.73. The Bertz CT molecular complexity index is 577. The Labute approximate surface area is 118 Å². The van der Waals surface area contributed by atoms with Crippen LogP contribution in [0, 0.1) is 11.7 Å². The highest BCUT2D eigenvalue weighted by Crippen LogP contribution is 2.28. The van der Waals surface area contributed by atoms with E-state index in [1.165, 1.54) is 12.1 Å². The minimum atomic E-state index is -3.88. The molecule has 112 valence electrons. The first-order valence-corrected chi connectivity index (χ1v) is 8.25. The van der Waals surface area contributed by atoms with E-state index in [0.29, 0.717) is 18.2 Å². The van der Waals surface area contributed by atoms with Crippen molar-refractivity contribution in [2.24, 2.45) is 16.8 Å². The Hall–Kier alpha value is -1.18. The number of hydrogen-bond donors (Lipinski definition) is 3. The number of nitrogens with two attached hydrogens (primary N) is 2. The summed E-state index contributed by atoms with van der Waals surface area (Å²) in [6.45, 7) is 0.564. The molecule has 0 radical (unpaired) electrons. The van der Waals surface area contributed by atoms with E-state index in [9.17, 15) is 12.8 Å². The Balaban J connectivity index is 2.17. The van der Waals surface area contributed by atoms with Crippen molar-refractivity contribution in [3.8, 4) is 0 Å². The third kappa shape index (κ3) is 3.47. The fraction of sp³-hybridized carbons (Fsp3) is 0.538. The molecule has 1 aliphatic carbocycles. The van der Waals surface area contributed by atoms with Crippen LogP contribution in [0.4, 0.5) is 10.1 Å². The first-order chi connectivity index (χ1) is 9.41. The zero-order chi connectivity index (χ0) is 14.8. The van der Waals surface area contributed by atoms with Gasteiger partial charge in [0, 0.05) is 6.04 Å². The lowest BCUT2D eigenvalue weighted by Crippen LogP contribution is -2.36. The van der Waals surface area contributed by atoms with Crippen LogP contribution in [0.5, 0.6) is 0 Å². The fourth-order valence-electron chi connectivity index (χ4n) is 2.67. The summed E-state index contributed by atoms with van der Waals surface area (Å²) in [5.41, 5.74) is 6.03. The van der Waals surface area contributed by atoms with Gasteiger partial charge in [0.2, 0.25) is 10.0 Å². The van der Waals surface area contributed by atoms with Gasteiger partial charge in [-0.05, 0) is 43.5 Å². The molecule has 20 heavy (non-hydrogen) atoms. The molecule has 0 spiro atoms. The zero-order valence-electron chi connectivity index (χ0n) is 11.2. The Morgan fingerprint density at radius 1 is 1.30 bits per heavy atom. The van der Waals surface area contributed by atoms with Crippen LogP contribution in [0.25, 0.3) is 0 Å². The van der Waals surface area contributed by atoms with Crippen molar-refractivity contribution in [1.29, 1.82) is 0 Å². The van der Waals surface area contributed by atoms with Gasteiger partial charge in [0.1, 0.15) is 5.82 Å². The zero-order valence-corrected chi connectivity index (χ0v) is 12.0. The van der Waals surface area contributed by atoms with Crippen molar-refractivity contribution in [2.75, 3.05) is 11.9 Å². The van der Waals surface area contributed by atoms with E-state index in [1.54, 1.807) is 0 Å². The summed E-state index contributed by atoms with van der Waals surface area (Å²) >= 11 is 0. The quantitative estimate of drug-likeness (QED) is 0.783. The molecular formula is C13H20FN3O2S. The molecular weight excluding hydrogens is 281 g/mol. The largest absolute Gasteiger partial charge is 0.380 e. The molecule has 2 unspecified atom stereocenters. The summed E-state index contributed by atoms with van der Waals surface area (Å²) in [6, 6.07) is 3.79. The number of nitrogens with one attached hydrogen (secondary N) is 1. The van der Waals surface area contributed by atoms with Gasteiger partial charge in [0.25, 0.3) is 0 Å². The highest BCUT2D eigenvalue weighted by Gasteiger charge is 2.24. The average molecular weight is 301 g/mol. The van der Waals surface area contributed by atoms with Crippen LogP contribution >= 0.6 is 0 Å². The third-order valence-electron chi connectivity index (χ3n) is 3.82. The number of rotatable bonds is 4. The SMILES string of the molecule is NCC1CCCCC1Nc1ccc(S(N)(=O)=O)cc1F. The molecule has 1 aliphatic rings. The van der Waals surface area contributed by atoms with E-state index in [4.69, 9.17) is 10.9 Å². The lowest BCUT2D eigenvalue weighted by molar-refractivity contribution is 0.332. The molecule has 1 saturated carbocycles. The molecule has 0 aliphatic heterocycles. The lowest BCUT2D eigenvalue weighted by Gasteiger charge is -2.32. The van der Waals surface area contributed by atoms with Gasteiger partial charge in [0.05, 0.1) is 10.6 Å². The van der Waals surface area contributed by atoms with E-state index in [1.807, 2.05) is 0 Å². The molecule has 1 fully saturated rings. The summed E-state index contributed by atoms with van der Waals surface area (Å²) in [4.78, 5) is -0.223. The maximum absolute atomic E-state index is 14.0. The molecule has 1 aromatic carbocycles. The lowest BCUT2D eigenvalue weighted by atomic mass is 9.84. The van der Waals surface area contributed by atoms with Gasteiger partial charge in [-0.2, -0.15) is 0 Å². The summed E-state index contributed by atoms with van der Waals surface area (Å²) in [5.74, 6) is -0.293. The van der Waals surface area contributed by atoms with Gasteiger partial charge in [-0.3, -0.25) is 0 Å². The monoisotopic (exact) mass is 301 g/mol. The Kier molecular flexibility index (Phi) is 4.62. The van der Waals surface area contributed by atoms with Gasteiger partial charge in [-0.1, -0.05) is 12.8 Å². The molecule has 0 aromatic heterocycles. The summed E-state index contributed by atoms with van der Waals surface area (Å²) < 4.78 is 36.3. The first-order valence-electron chi connectivity index (χ1n) is 6.71. The molecule has 7 heteroatoms. The van der Waals surface area contributed by atoms with Crippen LogP contribution < -0.4 is 16.2 Å². The average Bonchev–Trinajstić information content (AvgIpc) is 2.40. The number of sulfonamides is 1. The second kappa shape index (κ2) is 6.07. The van der Waals surface area contributed by atoms with E-state index in [-0.39, 0.29) is 10.9 Å². The van der Waals surface area contributed by atoms with Crippen molar-refractivity contribution < 1.29 is 12.8 Å². The predicted octanol–water partition coefficient (Wildman–Crippen LogP) is 1.40. The normalized spacial score (nSPS) is 23.6. The van der Waals surface area contributed by atoms with Crippen molar-refractivity contribution in [2.45, 2.75) is 36.6 Å². The molecule has 2 rings (SSSR count). The van der Waals surface area contributed by atoms with Crippen LogP contribution in [0.2, 0.25) is 0 Å². The van der Waals surface area contributed by atoms with Gasteiger partial charge < -0.3 is 11.1 Å². The summed E-state index contributed by atoms with van der Waals surface area (Å²) in [6.07, 6.45) is 4.21. The van der Waals surface area contributed by atoms with Crippen molar-refractivity contribution in [1.82, 2.24) is 0 Å². The minimum Gasteiger partial charge on any atom is -0.380 e. The number of anilines is 1. The van der Waals surface area contributed by atoms with Crippen LogP contribution in [-0.2, 0) is 10.0 Å². The van der Waals surface area contributed by atoms with Gasteiger partial charge >= 0.3 is 0 Å². The second-order valence-electron chi connectivity index (χ2n) is 5.22. The highest BCUT2D eigenvalue weighted by atomic mass is 32.2. The summed E-state index contributed by atoms with van der Waals surface area (Å²) in [7, 11) is -3.88. The predicted molar refractivity (Wildman–Crippen MR) is 76.2 cm³/mol. The molecule has 1 aromatic rings.